The zero-order valence-corrected chi connectivity index (χ0v) is 11.2. The van der Waals surface area contributed by atoms with Gasteiger partial charge in [-0.3, -0.25) is 5.10 Å². The van der Waals surface area contributed by atoms with E-state index in [-0.39, 0.29) is 0 Å². The third-order valence-electron chi connectivity index (χ3n) is 3.58. The second-order valence-corrected chi connectivity index (χ2v) is 4.86. The fourth-order valence-electron chi connectivity index (χ4n) is 2.43. The molecule has 2 N–H and O–H groups in total. The lowest BCUT2D eigenvalue weighted by Crippen LogP contribution is -2.03. The predicted molar refractivity (Wildman–Crippen MR) is 79.3 cm³/mol. The Morgan fingerprint density at radius 3 is 2.58 bits per heavy atom. The number of aromatic nitrogens is 2. The Morgan fingerprint density at radius 1 is 1.05 bits per heavy atom. The predicted octanol–water partition coefficient (Wildman–Crippen LogP) is 3.79. The van der Waals surface area contributed by atoms with Crippen LogP contribution in [0.4, 0.5) is 5.69 Å². The SMILES string of the molecule is Cc1cccc(C)c1CNc1cccc2[nH]ncc12. The Morgan fingerprint density at radius 2 is 1.79 bits per heavy atom. The molecule has 0 bridgehead atoms. The Kier molecular flexibility index (Phi) is 2.95. The van der Waals surface area contributed by atoms with Crippen molar-refractivity contribution in [2.45, 2.75) is 20.4 Å². The lowest BCUT2D eigenvalue weighted by molar-refractivity contribution is 1.09. The van der Waals surface area contributed by atoms with Crippen LogP contribution < -0.4 is 5.32 Å². The van der Waals surface area contributed by atoms with E-state index in [1.807, 2.05) is 18.3 Å². The van der Waals surface area contributed by atoms with Gasteiger partial charge < -0.3 is 5.32 Å². The molecule has 0 fully saturated rings. The lowest BCUT2D eigenvalue weighted by Gasteiger charge is -2.12. The van der Waals surface area contributed by atoms with E-state index in [1.165, 1.54) is 16.7 Å². The summed E-state index contributed by atoms with van der Waals surface area (Å²) in [7, 11) is 0. The first-order valence-corrected chi connectivity index (χ1v) is 6.47. The smallest absolute Gasteiger partial charge is 0.0671 e. The number of fused-ring (bicyclic) bond motifs is 1. The van der Waals surface area contributed by atoms with Crippen LogP contribution in [0.2, 0.25) is 0 Å². The number of anilines is 1. The highest BCUT2D eigenvalue weighted by atomic mass is 15.1. The van der Waals surface area contributed by atoms with E-state index >= 15 is 0 Å². The van der Waals surface area contributed by atoms with Crippen LogP contribution in [0.1, 0.15) is 16.7 Å². The molecule has 0 aliphatic heterocycles. The molecule has 0 spiro atoms. The molecule has 1 aromatic heterocycles. The number of hydrogen-bond donors (Lipinski definition) is 2. The lowest BCUT2D eigenvalue weighted by atomic mass is 10.0. The van der Waals surface area contributed by atoms with Gasteiger partial charge in [-0.1, -0.05) is 24.3 Å². The van der Waals surface area contributed by atoms with Gasteiger partial charge in [-0.25, -0.2) is 0 Å². The number of nitrogens with one attached hydrogen (secondary N) is 2. The minimum absolute atomic E-state index is 0.836. The summed E-state index contributed by atoms with van der Waals surface area (Å²) in [6.07, 6.45) is 1.86. The molecule has 19 heavy (non-hydrogen) atoms. The summed E-state index contributed by atoms with van der Waals surface area (Å²) in [5, 5.41) is 11.7. The standard InChI is InChI=1S/C16H17N3/c1-11-5-3-6-12(2)13(11)9-17-15-7-4-8-16-14(15)10-18-19-16/h3-8,10,17H,9H2,1-2H3,(H,18,19). The average Bonchev–Trinajstić information content (AvgIpc) is 2.87. The van der Waals surface area contributed by atoms with E-state index in [0.29, 0.717) is 0 Å². The van der Waals surface area contributed by atoms with Gasteiger partial charge in [0.05, 0.1) is 11.7 Å². The van der Waals surface area contributed by atoms with E-state index in [9.17, 15) is 0 Å². The van der Waals surface area contributed by atoms with Crippen molar-refractivity contribution in [1.82, 2.24) is 10.2 Å². The van der Waals surface area contributed by atoms with E-state index in [2.05, 4.69) is 53.6 Å². The van der Waals surface area contributed by atoms with Crippen LogP contribution in [-0.4, -0.2) is 10.2 Å². The number of aromatic amines is 1. The minimum Gasteiger partial charge on any atom is -0.380 e. The zero-order valence-electron chi connectivity index (χ0n) is 11.2. The molecule has 0 radical (unpaired) electrons. The van der Waals surface area contributed by atoms with Crippen molar-refractivity contribution in [2.24, 2.45) is 0 Å². The topological polar surface area (TPSA) is 40.7 Å². The summed E-state index contributed by atoms with van der Waals surface area (Å²) < 4.78 is 0. The fraction of sp³-hybridized carbons (Fsp3) is 0.188. The molecule has 96 valence electrons. The number of aryl methyl sites for hydroxylation is 2. The molecule has 0 saturated carbocycles. The summed E-state index contributed by atoms with van der Waals surface area (Å²) in [6, 6.07) is 12.6. The van der Waals surface area contributed by atoms with Crippen molar-refractivity contribution in [3.8, 4) is 0 Å². The van der Waals surface area contributed by atoms with Crippen LogP contribution in [-0.2, 0) is 6.54 Å². The molecule has 3 aromatic rings. The normalized spacial score (nSPS) is 10.8. The maximum absolute atomic E-state index is 4.09. The van der Waals surface area contributed by atoms with Crippen LogP contribution in [0.15, 0.2) is 42.6 Å². The molecule has 1 heterocycles. The van der Waals surface area contributed by atoms with Crippen molar-refractivity contribution >= 4 is 16.6 Å². The van der Waals surface area contributed by atoms with Gasteiger partial charge in [0.1, 0.15) is 0 Å². The first kappa shape index (κ1) is 11.8. The number of hydrogen-bond acceptors (Lipinski definition) is 2. The molecule has 0 saturated heterocycles. The molecule has 0 unspecified atom stereocenters. The van der Waals surface area contributed by atoms with E-state index in [0.717, 1.165) is 23.1 Å². The van der Waals surface area contributed by atoms with Crippen molar-refractivity contribution < 1.29 is 0 Å². The summed E-state index contributed by atoms with van der Waals surface area (Å²) in [5.41, 5.74) is 6.20. The summed E-state index contributed by atoms with van der Waals surface area (Å²) in [4.78, 5) is 0. The number of nitrogens with zero attached hydrogens (tertiary/aromatic N) is 1. The highest BCUT2D eigenvalue weighted by Crippen LogP contribution is 2.22. The first-order chi connectivity index (χ1) is 9.25. The van der Waals surface area contributed by atoms with Crippen LogP contribution in [0.25, 0.3) is 10.9 Å². The Balaban J connectivity index is 1.88. The molecular formula is C16H17N3. The van der Waals surface area contributed by atoms with Crippen LogP contribution in [0.5, 0.6) is 0 Å². The first-order valence-electron chi connectivity index (χ1n) is 6.47. The number of H-pyrrole nitrogens is 1. The van der Waals surface area contributed by atoms with Crippen LogP contribution in [0, 0.1) is 13.8 Å². The largest absolute Gasteiger partial charge is 0.380 e. The molecule has 0 aliphatic rings. The molecule has 0 aliphatic carbocycles. The monoisotopic (exact) mass is 251 g/mol. The molecular weight excluding hydrogens is 234 g/mol. The summed E-state index contributed by atoms with van der Waals surface area (Å²) in [5.74, 6) is 0. The molecule has 0 amide bonds. The Labute approximate surface area is 112 Å². The number of benzene rings is 2. The van der Waals surface area contributed by atoms with Gasteiger partial charge in [0.25, 0.3) is 0 Å². The molecule has 3 rings (SSSR count). The van der Waals surface area contributed by atoms with Gasteiger partial charge in [0.15, 0.2) is 0 Å². The minimum atomic E-state index is 0.836. The van der Waals surface area contributed by atoms with Gasteiger partial charge in [-0.05, 0) is 42.7 Å². The van der Waals surface area contributed by atoms with E-state index in [1.54, 1.807) is 0 Å². The fourth-order valence-corrected chi connectivity index (χ4v) is 2.43. The quantitative estimate of drug-likeness (QED) is 0.743. The third kappa shape index (κ3) is 2.19. The molecule has 0 atom stereocenters. The van der Waals surface area contributed by atoms with Gasteiger partial charge in [0.2, 0.25) is 0 Å². The highest BCUT2D eigenvalue weighted by molar-refractivity contribution is 5.90. The average molecular weight is 251 g/mol. The summed E-state index contributed by atoms with van der Waals surface area (Å²) in [6.45, 7) is 5.15. The maximum atomic E-state index is 4.09. The molecule has 3 heteroatoms. The van der Waals surface area contributed by atoms with Gasteiger partial charge >= 0.3 is 0 Å². The van der Waals surface area contributed by atoms with Gasteiger partial charge in [0, 0.05) is 17.6 Å². The van der Waals surface area contributed by atoms with E-state index in [4.69, 9.17) is 0 Å². The Bertz CT molecular complexity index is 693. The third-order valence-corrected chi connectivity index (χ3v) is 3.58. The second kappa shape index (κ2) is 4.76. The van der Waals surface area contributed by atoms with Gasteiger partial charge in [-0.15, -0.1) is 0 Å². The van der Waals surface area contributed by atoms with Crippen molar-refractivity contribution in [2.75, 3.05) is 5.32 Å². The van der Waals surface area contributed by atoms with Crippen molar-refractivity contribution in [1.29, 1.82) is 0 Å². The van der Waals surface area contributed by atoms with E-state index < -0.39 is 0 Å². The summed E-state index contributed by atoms with van der Waals surface area (Å²) >= 11 is 0. The highest BCUT2D eigenvalue weighted by Gasteiger charge is 2.05. The van der Waals surface area contributed by atoms with Gasteiger partial charge in [-0.2, -0.15) is 5.10 Å². The molecule has 2 aromatic carbocycles. The molecule has 3 nitrogen and oxygen atoms in total. The van der Waals surface area contributed by atoms with Crippen molar-refractivity contribution in [3.05, 3.63) is 59.3 Å². The van der Waals surface area contributed by atoms with Crippen LogP contribution >= 0.6 is 0 Å². The number of rotatable bonds is 3. The zero-order chi connectivity index (χ0) is 13.2. The maximum Gasteiger partial charge on any atom is 0.0671 e. The van der Waals surface area contributed by atoms with Crippen LogP contribution in [0.3, 0.4) is 0 Å². The van der Waals surface area contributed by atoms with Crippen molar-refractivity contribution in [3.63, 3.8) is 0 Å². The second-order valence-electron chi connectivity index (χ2n) is 4.86. The Hall–Kier alpha value is -2.29.